The average Bonchev–Trinajstić information content (AvgIpc) is 2.29. The number of nitrogens with zero attached hydrogens (tertiary/aromatic N) is 1. The van der Waals surface area contributed by atoms with E-state index in [0.717, 1.165) is 6.07 Å². The van der Waals surface area contributed by atoms with E-state index in [1.54, 1.807) is 31.4 Å². The largest absolute Gasteiger partial charge is 0.506 e. The van der Waals surface area contributed by atoms with Crippen molar-refractivity contribution >= 4 is 0 Å². The van der Waals surface area contributed by atoms with E-state index in [2.05, 4.69) is 4.98 Å². The van der Waals surface area contributed by atoms with Crippen LogP contribution >= 0.6 is 0 Å². The Morgan fingerprint density at radius 1 is 1.25 bits per heavy atom. The molecular weight excluding hydrogens is 209 g/mol. The molecule has 0 bridgehead atoms. The first-order valence-corrected chi connectivity index (χ1v) is 4.69. The summed E-state index contributed by atoms with van der Waals surface area (Å²) >= 11 is 0. The molecular formula is C12H10FNO2. The first-order valence-electron chi connectivity index (χ1n) is 4.69. The second kappa shape index (κ2) is 4.18. The SMILES string of the molecule is COc1ccc(-c2ncc(O)cc2F)cc1. The molecule has 0 spiro atoms. The summed E-state index contributed by atoms with van der Waals surface area (Å²) < 4.78 is 18.5. The maximum Gasteiger partial charge on any atom is 0.153 e. The van der Waals surface area contributed by atoms with Crippen LogP contribution in [-0.4, -0.2) is 17.2 Å². The number of rotatable bonds is 2. The predicted octanol–water partition coefficient (Wildman–Crippen LogP) is 2.60. The van der Waals surface area contributed by atoms with Gasteiger partial charge in [0.25, 0.3) is 0 Å². The minimum absolute atomic E-state index is 0.185. The third-order valence-electron chi connectivity index (χ3n) is 2.19. The van der Waals surface area contributed by atoms with Crippen molar-refractivity contribution in [3.8, 4) is 22.8 Å². The Kier molecular flexibility index (Phi) is 2.72. The van der Waals surface area contributed by atoms with Crippen molar-refractivity contribution in [1.82, 2.24) is 4.98 Å². The normalized spacial score (nSPS) is 10.1. The quantitative estimate of drug-likeness (QED) is 0.844. The van der Waals surface area contributed by atoms with E-state index in [0.29, 0.717) is 11.3 Å². The van der Waals surface area contributed by atoms with Gasteiger partial charge in [0.1, 0.15) is 17.2 Å². The van der Waals surface area contributed by atoms with Crippen molar-refractivity contribution in [3.05, 3.63) is 42.3 Å². The van der Waals surface area contributed by atoms with Gasteiger partial charge in [-0.1, -0.05) is 0 Å². The van der Waals surface area contributed by atoms with E-state index in [9.17, 15) is 4.39 Å². The summed E-state index contributed by atoms with van der Waals surface area (Å²) in [6, 6.07) is 7.90. The molecule has 0 atom stereocenters. The Bertz CT molecular complexity index is 497. The molecule has 16 heavy (non-hydrogen) atoms. The van der Waals surface area contributed by atoms with Gasteiger partial charge in [-0.25, -0.2) is 9.37 Å². The van der Waals surface area contributed by atoms with Gasteiger partial charge in [-0.15, -0.1) is 0 Å². The molecule has 2 aromatic rings. The molecule has 2 rings (SSSR count). The third-order valence-corrected chi connectivity index (χ3v) is 2.19. The van der Waals surface area contributed by atoms with Crippen LogP contribution in [0.1, 0.15) is 0 Å². The molecule has 1 aromatic carbocycles. The number of pyridine rings is 1. The highest BCUT2D eigenvalue weighted by atomic mass is 19.1. The van der Waals surface area contributed by atoms with Crippen molar-refractivity contribution in [3.63, 3.8) is 0 Å². The van der Waals surface area contributed by atoms with Gasteiger partial charge in [0, 0.05) is 11.6 Å². The lowest BCUT2D eigenvalue weighted by Gasteiger charge is -2.04. The molecule has 0 amide bonds. The standard InChI is InChI=1S/C12H10FNO2/c1-16-10-4-2-8(3-5-10)12-11(13)6-9(15)7-14-12/h2-7,15H,1H3. The first kappa shape index (κ1) is 10.4. The van der Waals surface area contributed by atoms with Crippen molar-refractivity contribution in [2.24, 2.45) is 0 Å². The van der Waals surface area contributed by atoms with Crippen LogP contribution in [0, 0.1) is 5.82 Å². The fraction of sp³-hybridized carbons (Fsp3) is 0.0833. The molecule has 3 nitrogen and oxygen atoms in total. The number of aromatic nitrogens is 1. The Labute approximate surface area is 92.1 Å². The monoisotopic (exact) mass is 219 g/mol. The second-order valence-corrected chi connectivity index (χ2v) is 3.25. The highest BCUT2D eigenvalue weighted by Crippen LogP contribution is 2.24. The van der Waals surface area contributed by atoms with Crippen LogP contribution in [0.4, 0.5) is 4.39 Å². The molecule has 0 fully saturated rings. The Hall–Kier alpha value is -2.10. The van der Waals surface area contributed by atoms with Crippen LogP contribution in [0.3, 0.4) is 0 Å². The Morgan fingerprint density at radius 2 is 1.94 bits per heavy atom. The van der Waals surface area contributed by atoms with E-state index >= 15 is 0 Å². The molecule has 1 heterocycles. The Balaban J connectivity index is 2.42. The van der Waals surface area contributed by atoms with Gasteiger partial charge in [-0.3, -0.25) is 0 Å². The van der Waals surface area contributed by atoms with Crippen LogP contribution in [0.15, 0.2) is 36.5 Å². The van der Waals surface area contributed by atoms with Crippen LogP contribution in [0.5, 0.6) is 11.5 Å². The molecule has 1 N–H and O–H groups in total. The smallest absolute Gasteiger partial charge is 0.153 e. The maximum absolute atomic E-state index is 13.5. The summed E-state index contributed by atoms with van der Waals surface area (Å²) in [5, 5.41) is 9.04. The number of ether oxygens (including phenoxy) is 1. The number of benzene rings is 1. The first-order chi connectivity index (χ1) is 7.70. The summed E-state index contributed by atoms with van der Waals surface area (Å²) in [4.78, 5) is 3.84. The fourth-order valence-corrected chi connectivity index (χ4v) is 1.39. The molecule has 0 unspecified atom stereocenters. The van der Waals surface area contributed by atoms with Crippen LogP contribution < -0.4 is 4.74 Å². The van der Waals surface area contributed by atoms with Gasteiger partial charge in [0.15, 0.2) is 5.82 Å². The van der Waals surface area contributed by atoms with Crippen molar-refractivity contribution in [2.45, 2.75) is 0 Å². The fourth-order valence-electron chi connectivity index (χ4n) is 1.39. The van der Waals surface area contributed by atoms with E-state index in [-0.39, 0.29) is 11.4 Å². The molecule has 4 heteroatoms. The summed E-state index contributed by atoms with van der Waals surface area (Å²) in [7, 11) is 1.56. The van der Waals surface area contributed by atoms with E-state index < -0.39 is 5.82 Å². The van der Waals surface area contributed by atoms with Crippen molar-refractivity contribution in [2.75, 3.05) is 7.11 Å². The summed E-state index contributed by atoms with van der Waals surface area (Å²) in [5.74, 6) is -0.0390. The van der Waals surface area contributed by atoms with Gasteiger partial charge in [0.05, 0.1) is 13.3 Å². The zero-order chi connectivity index (χ0) is 11.5. The topological polar surface area (TPSA) is 42.4 Å². The minimum atomic E-state index is -0.551. The van der Waals surface area contributed by atoms with Gasteiger partial charge in [-0.05, 0) is 24.3 Å². The lowest BCUT2D eigenvalue weighted by molar-refractivity contribution is 0.415. The minimum Gasteiger partial charge on any atom is -0.506 e. The van der Waals surface area contributed by atoms with Gasteiger partial charge < -0.3 is 9.84 Å². The van der Waals surface area contributed by atoms with Crippen LogP contribution in [-0.2, 0) is 0 Å². The molecule has 0 saturated carbocycles. The predicted molar refractivity (Wildman–Crippen MR) is 57.8 cm³/mol. The van der Waals surface area contributed by atoms with Crippen molar-refractivity contribution < 1.29 is 14.2 Å². The third kappa shape index (κ3) is 1.95. The van der Waals surface area contributed by atoms with Crippen molar-refractivity contribution in [1.29, 1.82) is 0 Å². The maximum atomic E-state index is 13.5. The molecule has 1 aromatic heterocycles. The zero-order valence-electron chi connectivity index (χ0n) is 8.64. The lowest BCUT2D eigenvalue weighted by atomic mass is 10.1. The molecule has 82 valence electrons. The number of hydrogen-bond acceptors (Lipinski definition) is 3. The van der Waals surface area contributed by atoms with Gasteiger partial charge >= 0.3 is 0 Å². The van der Waals surface area contributed by atoms with Crippen LogP contribution in [0.25, 0.3) is 11.3 Å². The highest BCUT2D eigenvalue weighted by molar-refractivity contribution is 5.61. The molecule has 0 saturated heterocycles. The molecule has 0 radical (unpaired) electrons. The lowest BCUT2D eigenvalue weighted by Crippen LogP contribution is -1.89. The number of aromatic hydroxyl groups is 1. The second-order valence-electron chi connectivity index (χ2n) is 3.25. The Morgan fingerprint density at radius 3 is 2.50 bits per heavy atom. The number of methoxy groups -OCH3 is 1. The number of halogens is 1. The number of hydrogen-bond donors (Lipinski definition) is 1. The van der Waals surface area contributed by atoms with E-state index in [1.807, 2.05) is 0 Å². The van der Waals surface area contributed by atoms with E-state index in [4.69, 9.17) is 9.84 Å². The van der Waals surface area contributed by atoms with Gasteiger partial charge in [-0.2, -0.15) is 0 Å². The van der Waals surface area contributed by atoms with E-state index in [1.165, 1.54) is 6.20 Å². The zero-order valence-corrected chi connectivity index (χ0v) is 8.64. The van der Waals surface area contributed by atoms with Crippen LogP contribution in [0.2, 0.25) is 0 Å². The molecule has 0 aliphatic carbocycles. The highest BCUT2D eigenvalue weighted by Gasteiger charge is 2.07. The average molecular weight is 219 g/mol. The summed E-state index contributed by atoms with van der Waals surface area (Å²) in [6.07, 6.45) is 1.21. The summed E-state index contributed by atoms with van der Waals surface area (Å²) in [5.41, 5.74) is 0.846. The summed E-state index contributed by atoms with van der Waals surface area (Å²) in [6.45, 7) is 0. The van der Waals surface area contributed by atoms with Gasteiger partial charge in [0.2, 0.25) is 0 Å². The molecule has 0 aliphatic rings. The molecule has 0 aliphatic heterocycles.